The van der Waals surface area contributed by atoms with Gasteiger partial charge in [-0.15, -0.1) is 0 Å². The summed E-state index contributed by atoms with van der Waals surface area (Å²) in [5.41, 5.74) is 3.19. The molecule has 4 fully saturated rings. The fraction of sp³-hybridized carbons (Fsp3) is 0.556. The second-order valence-electron chi connectivity index (χ2n) is 11.2. The normalized spacial score (nSPS) is 32.8. The number of ether oxygens (including phenoxy) is 2. The zero-order valence-corrected chi connectivity index (χ0v) is 20.8. The molecule has 3 nitrogen and oxygen atoms in total. The van der Waals surface area contributed by atoms with Gasteiger partial charge in [0.2, 0.25) is 0 Å². The number of nitrogens with one attached hydrogen (secondary N) is 1. The summed E-state index contributed by atoms with van der Waals surface area (Å²) >= 11 is 13.0. The van der Waals surface area contributed by atoms with Gasteiger partial charge in [-0.1, -0.05) is 55.2 Å². The van der Waals surface area contributed by atoms with Crippen molar-refractivity contribution >= 4 is 23.2 Å². The van der Waals surface area contributed by atoms with Crippen molar-refractivity contribution in [2.45, 2.75) is 71.1 Å². The van der Waals surface area contributed by atoms with Crippen LogP contribution in [0.3, 0.4) is 0 Å². The van der Waals surface area contributed by atoms with Crippen LogP contribution in [0.2, 0.25) is 10.0 Å². The predicted molar refractivity (Wildman–Crippen MR) is 131 cm³/mol. The highest BCUT2D eigenvalue weighted by Gasteiger charge is 2.59. The Morgan fingerprint density at radius 2 is 1.62 bits per heavy atom. The molecule has 0 aliphatic heterocycles. The van der Waals surface area contributed by atoms with Gasteiger partial charge >= 0.3 is 0 Å². The molecule has 0 heterocycles. The van der Waals surface area contributed by atoms with Crippen LogP contribution in [0, 0.1) is 16.7 Å². The molecule has 2 atom stereocenters. The molecule has 6 rings (SSSR count). The largest absolute Gasteiger partial charge is 0.493 e. The van der Waals surface area contributed by atoms with Crippen molar-refractivity contribution in [1.29, 1.82) is 0 Å². The van der Waals surface area contributed by atoms with E-state index in [-0.39, 0.29) is 5.54 Å². The summed E-state index contributed by atoms with van der Waals surface area (Å²) in [6.07, 6.45) is 8.04. The molecule has 4 aliphatic carbocycles. The number of rotatable bonds is 7. The van der Waals surface area contributed by atoms with Gasteiger partial charge in [-0.25, -0.2) is 0 Å². The molecular formula is C27H33Cl2NO2. The van der Waals surface area contributed by atoms with Crippen molar-refractivity contribution in [1.82, 2.24) is 5.32 Å². The van der Waals surface area contributed by atoms with Crippen LogP contribution in [0.15, 0.2) is 36.4 Å². The van der Waals surface area contributed by atoms with E-state index in [2.05, 4.69) is 19.2 Å². The molecule has 4 saturated carbocycles. The van der Waals surface area contributed by atoms with Crippen LogP contribution in [0.5, 0.6) is 11.5 Å². The van der Waals surface area contributed by atoms with Crippen molar-refractivity contribution in [2.75, 3.05) is 7.11 Å². The third-order valence-corrected chi connectivity index (χ3v) is 8.67. The Labute approximate surface area is 201 Å². The summed E-state index contributed by atoms with van der Waals surface area (Å²) in [5, 5.41) is 5.37. The molecule has 2 aromatic carbocycles. The topological polar surface area (TPSA) is 30.5 Å². The van der Waals surface area contributed by atoms with Crippen LogP contribution >= 0.6 is 23.2 Å². The quantitative estimate of drug-likeness (QED) is 0.453. The van der Waals surface area contributed by atoms with E-state index in [1.807, 2.05) is 36.4 Å². The molecule has 2 aromatic rings. The van der Waals surface area contributed by atoms with Crippen LogP contribution in [0.25, 0.3) is 0 Å². The van der Waals surface area contributed by atoms with E-state index in [1.54, 1.807) is 7.11 Å². The lowest BCUT2D eigenvalue weighted by Gasteiger charge is -2.65. The standard InChI is InChI=1S/C27H33Cl2NO2/c1-25-10-18-11-26(2,15-25)17-27(12-18,16-25)30-13-20-8-23(31-3)24(9-22(20)29)32-14-19-6-4-5-7-21(19)28/h4-9,18,30H,10-17H2,1-3H3. The van der Waals surface area contributed by atoms with Crippen LogP contribution in [0.4, 0.5) is 0 Å². The van der Waals surface area contributed by atoms with E-state index in [0.29, 0.717) is 39.0 Å². The van der Waals surface area contributed by atoms with E-state index in [9.17, 15) is 0 Å². The van der Waals surface area contributed by atoms with Crippen LogP contribution in [-0.2, 0) is 13.2 Å². The molecule has 4 bridgehead atoms. The Morgan fingerprint density at radius 1 is 0.906 bits per heavy atom. The van der Waals surface area contributed by atoms with Gasteiger partial charge in [-0.05, 0) is 73.0 Å². The van der Waals surface area contributed by atoms with Crippen LogP contribution in [0.1, 0.15) is 63.5 Å². The third kappa shape index (κ3) is 4.24. The molecular weight excluding hydrogens is 441 g/mol. The van der Waals surface area contributed by atoms with Crippen molar-refractivity contribution in [3.63, 3.8) is 0 Å². The van der Waals surface area contributed by atoms with Gasteiger partial charge in [-0.2, -0.15) is 0 Å². The van der Waals surface area contributed by atoms with Crippen molar-refractivity contribution in [2.24, 2.45) is 16.7 Å². The van der Waals surface area contributed by atoms with Gasteiger partial charge in [0, 0.05) is 33.8 Å². The van der Waals surface area contributed by atoms with E-state index in [0.717, 1.165) is 23.6 Å². The molecule has 32 heavy (non-hydrogen) atoms. The molecule has 5 heteroatoms. The van der Waals surface area contributed by atoms with E-state index >= 15 is 0 Å². The summed E-state index contributed by atoms with van der Waals surface area (Å²) < 4.78 is 11.7. The van der Waals surface area contributed by atoms with Crippen molar-refractivity contribution in [3.05, 3.63) is 57.6 Å². The Balaban J connectivity index is 1.31. The Bertz CT molecular complexity index is 1000. The summed E-state index contributed by atoms with van der Waals surface area (Å²) in [5.74, 6) is 2.19. The second-order valence-corrected chi connectivity index (χ2v) is 12.1. The van der Waals surface area contributed by atoms with E-state index < -0.39 is 0 Å². The smallest absolute Gasteiger partial charge is 0.163 e. The molecule has 1 N–H and O–H groups in total. The van der Waals surface area contributed by atoms with E-state index in [4.69, 9.17) is 32.7 Å². The monoisotopic (exact) mass is 473 g/mol. The zero-order valence-electron chi connectivity index (χ0n) is 19.3. The number of methoxy groups -OCH3 is 1. The van der Waals surface area contributed by atoms with Crippen LogP contribution < -0.4 is 14.8 Å². The number of hydrogen-bond donors (Lipinski definition) is 1. The van der Waals surface area contributed by atoms with Crippen molar-refractivity contribution < 1.29 is 9.47 Å². The summed E-state index contributed by atoms with van der Waals surface area (Å²) in [7, 11) is 1.67. The Morgan fingerprint density at radius 3 is 2.28 bits per heavy atom. The van der Waals surface area contributed by atoms with Gasteiger partial charge in [0.05, 0.1) is 7.11 Å². The van der Waals surface area contributed by atoms with Crippen molar-refractivity contribution in [3.8, 4) is 11.5 Å². The predicted octanol–water partition coefficient (Wildman–Crippen LogP) is 7.42. The summed E-state index contributed by atoms with van der Waals surface area (Å²) in [6.45, 7) is 6.13. The number of halogens is 2. The highest BCUT2D eigenvalue weighted by molar-refractivity contribution is 6.31. The van der Waals surface area contributed by atoms with Gasteiger partial charge in [-0.3, -0.25) is 0 Å². The minimum atomic E-state index is 0.235. The SMILES string of the molecule is COc1cc(CNC23CC4CC(C)(CC(C)(C4)C2)C3)c(Cl)cc1OCc1ccccc1Cl. The van der Waals surface area contributed by atoms with Gasteiger partial charge in [0.15, 0.2) is 11.5 Å². The van der Waals surface area contributed by atoms with Gasteiger partial charge in [0.25, 0.3) is 0 Å². The highest BCUT2D eigenvalue weighted by Crippen LogP contribution is 2.66. The average molecular weight is 474 g/mol. The molecule has 2 unspecified atom stereocenters. The maximum Gasteiger partial charge on any atom is 0.163 e. The average Bonchev–Trinajstić information content (AvgIpc) is 2.70. The first-order valence-electron chi connectivity index (χ1n) is 11.7. The maximum absolute atomic E-state index is 6.71. The molecule has 4 aliphatic rings. The summed E-state index contributed by atoms with van der Waals surface area (Å²) in [6, 6.07) is 11.6. The lowest BCUT2D eigenvalue weighted by Crippen LogP contribution is -2.63. The van der Waals surface area contributed by atoms with Gasteiger partial charge < -0.3 is 14.8 Å². The van der Waals surface area contributed by atoms with Crippen LogP contribution in [-0.4, -0.2) is 12.6 Å². The zero-order chi connectivity index (χ0) is 22.6. The Hall–Kier alpha value is -1.42. The number of hydrogen-bond acceptors (Lipinski definition) is 3. The second kappa shape index (κ2) is 8.11. The van der Waals surface area contributed by atoms with Gasteiger partial charge in [0.1, 0.15) is 6.61 Å². The summed E-state index contributed by atoms with van der Waals surface area (Å²) in [4.78, 5) is 0. The fourth-order valence-corrected chi connectivity index (χ4v) is 8.09. The molecule has 0 aromatic heterocycles. The first kappa shape index (κ1) is 22.4. The molecule has 0 radical (unpaired) electrons. The highest BCUT2D eigenvalue weighted by atomic mass is 35.5. The molecule has 0 amide bonds. The third-order valence-electron chi connectivity index (χ3n) is 7.95. The first-order chi connectivity index (χ1) is 15.2. The molecule has 0 saturated heterocycles. The fourth-order valence-electron chi connectivity index (χ4n) is 7.68. The molecule has 172 valence electrons. The lowest BCUT2D eigenvalue weighted by atomic mass is 9.43. The minimum absolute atomic E-state index is 0.235. The van der Waals surface area contributed by atoms with E-state index in [1.165, 1.54) is 38.5 Å². The Kier molecular flexibility index (Phi) is 5.67. The first-order valence-corrected chi connectivity index (χ1v) is 12.4. The minimum Gasteiger partial charge on any atom is -0.493 e. The lowest BCUT2D eigenvalue weighted by molar-refractivity contribution is -0.118. The molecule has 0 spiro atoms. The maximum atomic E-state index is 6.71. The number of benzene rings is 2.